The average Bonchev–Trinajstić information content (AvgIpc) is 2.07. The second-order valence-corrected chi connectivity index (χ2v) is 3.27. The summed E-state index contributed by atoms with van der Waals surface area (Å²) in [5.41, 5.74) is 0. The third-order valence-corrected chi connectivity index (χ3v) is 2.19. The van der Waals surface area contributed by atoms with Crippen LogP contribution >= 0.6 is 11.8 Å². The highest BCUT2D eigenvalue weighted by atomic mass is 32.2. The second-order valence-electron chi connectivity index (χ2n) is 2.39. The van der Waals surface area contributed by atoms with E-state index in [1.807, 2.05) is 0 Å². The molecule has 0 radical (unpaired) electrons. The van der Waals surface area contributed by atoms with Crippen molar-refractivity contribution in [3.8, 4) is 5.40 Å². The fourth-order valence-electron chi connectivity index (χ4n) is 1.05. The predicted molar refractivity (Wildman–Crippen MR) is 45.3 cm³/mol. The number of hydrogen-bond acceptors (Lipinski definition) is 4. The number of thioether (sulfide) groups is 1. The van der Waals surface area contributed by atoms with Crippen molar-refractivity contribution in [2.45, 2.75) is 0 Å². The number of nitriles is 1. The molecule has 0 unspecified atom stereocenters. The summed E-state index contributed by atoms with van der Waals surface area (Å²) in [5.74, 6) is 0.913. The molecule has 0 spiro atoms. The first-order chi connectivity index (χ1) is 5.43. The van der Waals surface area contributed by atoms with Crippen LogP contribution in [0.15, 0.2) is 0 Å². The van der Waals surface area contributed by atoms with Crippen molar-refractivity contribution >= 4 is 11.8 Å². The summed E-state index contributed by atoms with van der Waals surface area (Å²) >= 11 is 1.32. The van der Waals surface area contributed by atoms with E-state index in [1.165, 1.54) is 11.8 Å². The Kier molecular flexibility index (Phi) is 4.36. The Labute approximate surface area is 71.3 Å². The van der Waals surface area contributed by atoms with E-state index in [-0.39, 0.29) is 0 Å². The van der Waals surface area contributed by atoms with E-state index >= 15 is 0 Å². The van der Waals surface area contributed by atoms with Crippen LogP contribution in [0, 0.1) is 10.7 Å². The molecular weight excluding hydrogens is 160 g/mol. The van der Waals surface area contributed by atoms with Crippen LogP contribution in [0.2, 0.25) is 0 Å². The molecule has 62 valence electrons. The molecule has 0 aromatic carbocycles. The van der Waals surface area contributed by atoms with Crippen LogP contribution in [-0.2, 0) is 4.74 Å². The molecule has 11 heavy (non-hydrogen) atoms. The van der Waals surface area contributed by atoms with Crippen LogP contribution in [0.1, 0.15) is 0 Å². The molecule has 0 N–H and O–H groups in total. The molecule has 0 amide bonds. The molecule has 0 aliphatic carbocycles. The molecule has 4 heteroatoms. The van der Waals surface area contributed by atoms with Gasteiger partial charge in [0.25, 0.3) is 0 Å². The number of hydrogen-bond donors (Lipinski definition) is 0. The van der Waals surface area contributed by atoms with Crippen LogP contribution in [-0.4, -0.2) is 43.5 Å². The maximum Gasteiger partial charge on any atom is 0.133 e. The van der Waals surface area contributed by atoms with Gasteiger partial charge in [0.05, 0.1) is 13.2 Å². The Morgan fingerprint density at radius 3 is 2.82 bits per heavy atom. The van der Waals surface area contributed by atoms with E-state index in [0.29, 0.717) is 0 Å². The van der Waals surface area contributed by atoms with Crippen molar-refractivity contribution in [2.24, 2.45) is 0 Å². The van der Waals surface area contributed by atoms with Crippen molar-refractivity contribution in [1.29, 1.82) is 5.26 Å². The minimum atomic E-state index is 0.844. The molecule has 1 aliphatic rings. The summed E-state index contributed by atoms with van der Waals surface area (Å²) in [5, 5.41) is 10.3. The molecule has 1 fully saturated rings. The van der Waals surface area contributed by atoms with Gasteiger partial charge in [-0.15, -0.1) is 0 Å². The number of thiocyanates is 1. The van der Waals surface area contributed by atoms with Crippen molar-refractivity contribution in [1.82, 2.24) is 4.90 Å². The lowest BCUT2D eigenvalue weighted by Crippen LogP contribution is -2.37. The molecule has 3 nitrogen and oxygen atoms in total. The highest BCUT2D eigenvalue weighted by Gasteiger charge is 2.08. The lowest BCUT2D eigenvalue weighted by atomic mass is 10.4. The Bertz CT molecular complexity index is 140. The molecular formula is C7H12N2OS. The first kappa shape index (κ1) is 8.85. The van der Waals surface area contributed by atoms with E-state index in [9.17, 15) is 0 Å². The zero-order chi connectivity index (χ0) is 7.94. The Hall–Kier alpha value is -0.240. The minimum Gasteiger partial charge on any atom is -0.379 e. The normalized spacial score (nSPS) is 19.5. The summed E-state index contributed by atoms with van der Waals surface area (Å²) in [7, 11) is 0. The Balaban J connectivity index is 2.01. The summed E-state index contributed by atoms with van der Waals surface area (Å²) < 4.78 is 5.19. The van der Waals surface area contributed by atoms with Gasteiger partial charge in [0.2, 0.25) is 0 Å². The summed E-state index contributed by atoms with van der Waals surface area (Å²) in [4.78, 5) is 2.33. The quantitative estimate of drug-likeness (QED) is 0.459. The van der Waals surface area contributed by atoms with Gasteiger partial charge in [0.1, 0.15) is 5.40 Å². The first-order valence-corrected chi connectivity index (χ1v) is 4.73. The molecule has 1 saturated heterocycles. The summed E-state index contributed by atoms with van der Waals surface area (Å²) in [6, 6.07) is 0. The molecule has 1 rings (SSSR count). The molecule has 0 saturated carbocycles. The maximum atomic E-state index is 8.27. The van der Waals surface area contributed by atoms with Gasteiger partial charge < -0.3 is 4.74 Å². The third kappa shape index (κ3) is 3.61. The van der Waals surface area contributed by atoms with Crippen molar-refractivity contribution < 1.29 is 4.74 Å². The highest BCUT2D eigenvalue weighted by molar-refractivity contribution is 8.03. The second kappa shape index (κ2) is 5.42. The smallest absolute Gasteiger partial charge is 0.133 e. The maximum absolute atomic E-state index is 8.27. The predicted octanol–water partition coefficient (Wildman–Crippen LogP) is 0.533. The summed E-state index contributed by atoms with van der Waals surface area (Å²) in [6.45, 7) is 4.74. The van der Waals surface area contributed by atoms with Crippen LogP contribution in [0.25, 0.3) is 0 Å². The van der Waals surface area contributed by atoms with Gasteiger partial charge >= 0.3 is 0 Å². The first-order valence-electron chi connectivity index (χ1n) is 3.74. The minimum absolute atomic E-state index is 0.844. The zero-order valence-corrected chi connectivity index (χ0v) is 7.27. The van der Waals surface area contributed by atoms with Gasteiger partial charge in [-0.25, -0.2) is 0 Å². The molecule has 0 atom stereocenters. The van der Waals surface area contributed by atoms with Gasteiger partial charge in [-0.1, -0.05) is 0 Å². The van der Waals surface area contributed by atoms with Gasteiger partial charge in [-0.05, 0) is 11.8 Å². The summed E-state index contributed by atoms with van der Waals surface area (Å²) in [6.07, 6.45) is 0. The van der Waals surface area contributed by atoms with Gasteiger partial charge in [-0.3, -0.25) is 4.90 Å². The van der Waals surface area contributed by atoms with E-state index in [1.54, 1.807) is 0 Å². The lowest BCUT2D eigenvalue weighted by Gasteiger charge is -2.25. The Morgan fingerprint density at radius 2 is 2.18 bits per heavy atom. The van der Waals surface area contributed by atoms with Crippen molar-refractivity contribution in [3.63, 3.8) is 0 Å². The van der Waals surface area contributed by atoms with Crippen molar-refractivity contribution in [3.05, 3.63) is 0 Å². The average molecular weight is 172 g/mol. The van der Waals surface area contributed by atoms with Gasteiger partial charge in [0.15, 0.2) is 0 Å². The molecule has 1 heterocycles. The van der Waals surface area contributed by atoms with Crippen molar-refractivity contribution in [2.75, 3.05) is 38.6 Å². The van der Waals surface area contributed by atoms with Gasteiger partial charge in [-0.2, -0.15) is 5.26 Å². The fourth-order valence-corrected chi connectivity index (χ4v) is 1.49. The fraction of sp³-hybridized carbons (Fsp3) is 0.857. The molecule has 1 aliphatic heterocycles. The van der Waals surface area contributed by atoms with Crippen LogP contribution in [0.5, 0.6) is 0 Å². The van der Waals surface area contributed by atoms with E-state index < -0.39 is 0 Å². The lowest BCUT2D eigenvalue weighted by molar-refractivity contribution is 0.0410. The Morgan fingerprint density at radius 1 is 1.45 bits per heavy atom. The topological polar surface area (TPSA) is 36.3 Å². The van der Waals surface area contributed by atoms with Crippen LogP contribution < -0.4 is 0 Å². The molecule has 0 aromatic heterocycles. The SMILES string of the molecule is N#CSCCN1CCOCC1. The molecule has 0 aromatic rings. The number of morpholine rings is 1. The molecule has 0 bridgehead atoms. The third-order valence-electron chi connectivity index (χ3n) is 1.68. The van der Waals surface area contributed by atoms with E-state index in [0.717, 1.165) is 38.6 Å². The standard InChI is InChI=1S/C7H12N2OS/c8-7-11-6-3-9-1-4-10-5-2-9/h1-6H2. The zero-order valence-electron chi connectivity index (χ0n) is 6.45. The monoisotopic (exact) mass is 172 g/mol. The number of ether oxygens (including phenoxy) is 1. The van der Waals surface area contributed by atoms with E-state index in [2.05, 4.69) is 10.3 Å². The largest absolute Gasteiger partial charge is 0.379 e. The highest BCUT2D eigenvalue weighted by Crippen LogP contribution is 2.00. The van der Waals surface area contributed by atoms with Gasteiger partial charge in [0, 0.05) is 25.4 Å². The van der Waals surface area contributed by atoms with Crippen LogP contribution in [0.4, 0.5) is 0 Å². The number of nitrogens with zero attached hydrogens (tertiary/aromatic N) is 2. The number of rotatable bonds is 3. The van der Waals surface area contributed by atoms with E-state index in [4.69, 9.17) is 10.00 Å². The van der Waals surface area contributed by atoms with Crippen LogP contribution in [0.3, 0.4) is 0 Å².